The van der Waals surface area contributed by atoms with Crippen molar-refractivity contribution in [2.75, 3.05) is 18.0 Å². The van der Waals surface area contributed by atoms with E-state index in [9.17, 15) is 14.4 Å². The number of pyridine rings is 1. The van der Waals surface area contributed by atoms with Crippen LogP contribution in [-0.2, 0) is 9.59 Å². The number of hydrogen-bond acceptors (Lipinski definition) is 6. The van der Waals surface area contributed by atoms with Gasteiger partial charge in [0, 0.05) is 24.8 Å². The number of nitrogens with one attached hydrogen (secondary N) is 2. The summed E-state index contributed by atoms with van der Waals surface area (Å²) in [4.78, 5) is 46.4. The molecule has 1 saturated heterocycles. The van der Waals surface area contributed by atoms with Crippen LogP contribution in [0, 0.1) is 12.8 Å². The molecular weight excluding hydrogens is 514 g/mol. The fraction of sp³-hybridized carbons (Fsp3) is 0.241. The smallest absolute Gasteiger partial charge is 0.327 e. The second kappa shape index (κ2) is 10.1. The largest absolute Gasteiger partial charge is 0.457 e. The van der Waals surface area contributed by atoms with Crippen LogP contribution in [-0.4, -0.2) is 46.2 Å². The maximum Gasteiger partial charge on any atom is 0.327 e. The lowest BCUT2D eigenvalue weighted by Gasteiger charge is -2.35. The number of anilines is 2. The fourth-order valence-electron chi connectivity index (χ4n) is 5.30. The van der Waals surface area contributed by atoms with Gasteiger partial charge in [-0.1, -0.05) is 36.5 Å². The van der Waals surface area contributed by atoms with Gasteiger partial charge in [-0.15, -0.1) is 0 Å². The summed E-state index contributed by atoms with van der Waals surface area (Å²) in [6, 6.07) is 16.3. The maximum atomic E-state index is 13.5. The van der Waals surface area contributed by atoms with Gasteiger partial charge < -0.3 is 20.3 Å². The van der Waals surface area contributed by atoms with Crippen molar-refractivity contribution in [3.63, 3.8) is 0 Å². The van der Waals surface area contributed by atoms with Crippen LogP contribution in [0.4, 0.5) is 16.2 Å². The summed E-state index contributed by atoms with van der Waals surface area (Å²) in [5, 5.41) is 6.55. The number of aromatic nitrogens is 1. The average Bonchev–Trinajstić information content (AvgIpc) is 3.56. The number of thioether (sulfide) groups is 1. The van der Waals surface area contributed by atoms with Crippen LogP contribution in [0.1, 0.15) is 23.6 Å². The molecule has 0 radical (unpaired) electrons. The predicted octanol–water partition coefficient (Wildman–Crippen LogP) is 4.67. The highest BCUT2D eigenvalue weighted by Gasteiger charge is 2.45. The topological polar surface area (TPSA) is 104 Å². The first kappa shape index (κ1) is 25.0. The van der Waals surface area contributed by atoms with Crippen molar-refractivity contribution in [3.8, 4) is 11.5 Å². The minimum atomic E-state index is -0.422. The number of likely N-dealkylation sites (tertiary alicyclic amines) is 1. The number of hydrogen-bond donors (Lipinski definition) is 2. The number of ether oxygens (including phenoxy) is 1. The van der Waals surface area contributed by atoms with E-state index in [-0.39, 0.29) is 23.8 Å². The zero-order chi connectivity index (χ0) is 27.1. The van der Waals surface area contributed by atoms with Gasteiger partial charge in [0.1, 0.15) is 21.9 Å². The number of nitrogens with zero attached hydrogens (tertiary/aromatic N) is 3. The van der Waals surface area contributed by atoms with Gasteiger partial charge >= 0.3 is 6.03 Å². The third-order valence-electron chi connectivity index (χ3n) is 7.22. The second-order valence-corrected chi connectivity index (χ2v) is 10.8. The molecule has 2 aromatic carbocycles. The molecule has 198 valence electrons. The molecule has 0 bridgehead atoms. The predicted molar refractivity (Wildman–Crippen MR) is 148 cm³/mol. The molecule has 4 amide bonds. The Labute approximate surface area is 230 Å². The van der Waals surface area contributed by atoms with Crippen LogP contribution < -0.4 is 20.3 Å². The van der Waals surface area contributed by atoms with Crippen molar-refractivity contribution in [2.24, 2.45) is 5.92 Å². The SMILES string of the molecule is C=CC(=O)N1CC[C@@H](C(=O)NC2Sc3nccc4c3C2NC(=O)N4c2ccc(Oc3ccccc3)cc2C)C1. The Morgan fingerprint density at radius 2 is 1.97 bits per heavy atom. The van der Waals surface area contributed by atoms with E-state index in [1.54, 1.807) is 16.0 Å². The first-order valence-corrected chi connectivity index (χ1v) is 13.6. The van der Waals surface area contributed by atoms with Crippen LogP contribution in [0.2, 0.25) is 0 Å². The molecule has 1 aromatic heterocycles. The molecule has 10 heteroatoms. The maximum absolute atomic E-state index is 13.5. The fourth-order valence-corrected chi connectivity index (χ4v) is 6.54. The molecular formula is C29H27N5O4S. The van der Waals surface area contributed by atoms with E-state index >= 15 is 0 Å². The first-order valence-electron chi connectivity index (χ1n) is 12.7. The Hall–Kier alpha value is -4.31. The van der Waals surface area contributed by atoms with E-state index in [0.29, 0.717) is 25.3 Å². The minimum absolute atomic E-state index is 0.136. The number of urea groups is 1. The molecule has 0 aliphatic carbocycles. The standard InChI is InChI=1S/C29H27N5O4S/c1-3-23(35)33-14-12-18(16-33)26(36)32-28-25-24-22(11-13-30-27(24)39-28)34(29(37)31-25)21-10-9-20(15-17(21)2)38-19-7-5-4-6-8-19/h3-11,13,15,18,25,28H,1,12,14,16H2,2H3,(H,31,37)(H,32,36)/t18-,25?,28?/m1/s1. The number of benzene rings is 2. The van der Waals surface area contributed by atoms with Crippen LogP contribution >= 0.6 is 11.8 Å². The zero-order valence-electron chi connectivity index (χ0n) is 21.3. The molecule has 3 aliphatic rings. The lowest BCUT2D eigenvalue weighted by Crippen LogP contribution is -2.50. The molecule has 39 heavy (non-hydrogen) atoms. The van der Waals surface area contributed by atoms with Crippen molar-refractivity contribution in [3.05, 3.63) is 84.6 Å². The number of para-hydroxylation sites is 1. The van der Waals surface area contributed by atoms with E-state index in [1.165, 1.54) is 17.8 Å². The summed E-state index contributed by atoms with van der Waals surface area (Å²) < 4.78 is 5.96. The minimum Gasteiger partial charge on any atom is -0.457 e. The van der Waals surface area contributed by atoms with Gasteiger partial charge in [0.25, 0.3) is 0 Å². The molecule has 0 saturated carbocycles. The normalized spacial score (nSPS) is 21.3. The van der Waals surface area contributed by atoms with Gasteiger partial charge in [-0.25, -0.2) is 9.78 Å². The van der Waals surface area contributed by atoms with Gasteiger partial charge in [0.15, 0.2) is 0 Å². The molecule has 9 nitrogen and oxygen atoms in total. The Bertz CT molecular complexity index is 1480. The van der Waals surface area contributed by atoms with Gasteiger partial charge in [0.05, 0.1) is 23.3 Å². The summed E-state index contributed by atoms with van der Waals surface area (Å²) in [6.45, 7) is 6.35. The molecule has 4 heterocycles. The third-order valence-corrected chi connectivity index (χ3v) is 8.42. The van der Waals surface area contributed by atoms with E-state index in [0.717, 1.165) is 33.3 Å². The van der Waals surface area contributed by atoms with Crippen LogP contribution in [0.5, 0.6) is 11.5 Å². The summed E-state index contributed by atoms with van der Waals surface area (Å²) in [6.07, 6.45) is 3.55. The molecule has 2 unspecified atom stereocenters. The molecule has 0 spiro atoms. The molecule has 1 fully saturated rings. The third kappa shape index (κ3) is 4.61. The summed E-state index contributed by atoms with van der Waals surface area (Å²) in [5.74, 6) is 0.800. The van der Waals surface area contributed by atoms with E-state index in [4.69, 9.17) is 4.74 Å². The second-order valence-electron chi connectivity index (χ2n) is 9.70. The van der Waals surface area contributed by atoms with Crippen LogP contribution in [0.15, 0.2) is 78.5 Å². The van der Waals surface area contributed by atoms with E-state index in [2.05, 4.69) is 22.2 Å². The highest BCUT2D eigenvalue weighted by atomic mass is 32.2. The lowest BCUT2D eigenvalue weighted by molar-refractivity contribution is -0.126. The number of carbonyl (C=O) groups is 3. The van der Waals surface area contributed by atoms with Gasteiger partial charge in [0.2, 0.25) is 11.8 Å². The molecule has 6 rings (SSSR count). The van der Waals surface area contributed by atoms with Crippen molar-refractivity contribution < 1.29 is 19.1 Å². The number of rotatable bonds is 6. The summed E-state index contributed by atoms with van der Waals surface area (Å²) >= 11 is 1.43. The van der Waals surface area contributed by atoms with E-state index in [1.807, 2.05) is 61.5 Å². The zero-order valence-corrected chi connectivity index (χ0v) is 22.1. The van der Waals surface area contributed by atoms with Crippen molar-refractivity contribution in [1.82, 2.24) is 20.5 Å². The number of carbonyl (C=O) groups excluding carboxylic acids is 3. The molecule has 3 aliphatic heterocycles. The van der Waals surface area contributed by atoms with Gasteiger partial charge in [-0.3, -0.25) is 14.5 Å². The summed E-state index contributed by atoms with van der Waals surface area (Å²) in [5.41, 5.74) is 3.22. The summed E-state index contributed by atoms with van der Waals surface area (Å²) in [7, 11) is 0. The molecule has 3 aromatic rings. The molecule has 3 atom stereocenters. The Morgan fingerprint density at radius 3 is 2.74 bits per heavy atom. The highest BCUT2D eigenvalue weighted by Crippen LogP contribution is 2.50. The Kier molecular flexibility index (Phi) is 6.48. The average molecular weight is 542 g/mol. The Morgan fingerprint density at radius 1 is 1.15 bits per heavy atom. The molecule has 2 N–H and O–H groups in total. The number of amides is 4. The first-order chi connectivity index (χ1) is 18.9. The van der Waals surface area contributed by atoms with Crippen molar-refractivity contribution >= 4 is 41.0 Å². The van der Waals surface area contributed by atoms with Gasteiger partial charge in [-0.2, -0.15) is 0 Å². The number of aryl methyl sites for hydroxylation is 1. The monoisotopic (exact) mass is 541 g/mol. The highest BCUT2D eigenvalue weighted by molar-refractivity contribution is 8.00. The van der Waals surface area contributed by atoms with Crippen LogP contribution in [0.3, 0.4) is 0 Å². The van der Waals surface area contributed by atoms with Gasteiger partial charge in [-0.05, 0) is 61.4 Å². The van der Waals surface area contributed by atoms with Crippen molar-refractivity contribution in [2.45, 2.75) is 29.8 Å². The van der Waals surface area contributed by atoms with Crippen LogP contribution in [0.25, 0.3) is 0 Å². The Balaban J connectivity index is 1.22. The van der Waals surface area contributed by atoms with E-state index < -0.39 is 11.4 Å². The van der Waals surface area contributed by atoms with Crippen molar-refractivity contribution in [1.29, 1.82) is 0 Å². The quantitative estimate of drug-likeness (QED) is 0.440. The lowest BCUT2D eigenvalue weighted by atomic mass is 10.0.